The largest absolute Gasteiger partial charge is 0.283 e. The van der Waals surface area contributed by atoms with E-state index >= 15 is 0 Å². The van der Waals surface area contributed by atoms with E-state index in [9.17, 15) is 0 Å². The van der Waals surface area contributed by atoms with Gasteiger partial charge in [-0.2, -0.15) is 0 Å². The molecule has 1 nitrogen and oxygen atoms in total. The first-order valence-electron chi connectivity index (χ1n) is 6.74. The Hall–Kier alpha value is -1.03. The molecule has 19 heavy (non-hydrogen) atoms. The fourth-order valence-electron chi connectivity index (χ4n) is 2.14. The number of hydrogen-bond acceptors (Lipinski definition) is 1. The van der Waals surface area contributed by atoms with E-state index in [1.54, 1.807) is 0 Å². The van der Waals surface area contributed by atoms with Gasteiger partial charge in [-0.3, -0.25) is 3.11 Å². The van der Waals surface area contributed by atoms with Gasteiger partial charge in [0, 0.05) is 0 Å². The lowest BCUT2D eigenvalue weighted by molar-refractivity contribution is 0.913. The standard InChI is InChI=1S/C17H20IN/c1-4-5-15-12-17(11-8-14(15)3)19(18)16-9-6-13(2)7-10-16/h6-12H,4-5H2,1-3H3. The number of halogens is 1. The van der Waals surface area contributed by atoms with Gasteiger partial charge < -0.3 is 0 Å². The summed E-state index contributed by atoms with van der Waals surface area (Å²) in [6.07, 6.45) is 2.34. The number of anilines is 2. The second-order valence-electron chi connectivity index (χ2n) is 4.98. The Bertz CT molecular complexity index is 546. The average Bonchev–Trinajstić information content (AvgIpc) is 2.41. The highest BCUT2D eigenvalue weighted by molar-refractivity contribution is 14.1. The second kappa shape index (κ2) is 6.42. The fourth-order valence-corrected chi connectivity index (χ4v) is 2.77. The Morgan fingerprint density at radius 2 is 1.58 bits per heavy atom. The van der Waals surface area contributed by atoms with Gasteiger partial charge in [0.05, 0.1) is 34.2 Å². The van der Waals surface area contributed by atoms with Crippen LogP contribution in [0.25, 0.3) is 0 Å². The van der Waals surface area contributed by atoms with Crippen LogP contribution in [0.15, 0.2) is 42.5 Å². The van der Waals surface area contributed by atoms with Crippen LogP contribution in [0, 0.1) is 13.8 Å². The van der Waals surface area contributed by atoms with Gasteiger partial charge in [0.1, 0.15) is 0 Å². The minimum absolute atomic E-state index is 1.15. The van der Waals surface area contributed by atoms with Crippen molar-refractivity contribution < 1.29 is 0 Å². The highest BCUT2D eigenvalue weighted by atomic mass is 127. The Labute approximate surface area is 130 Å². The van der Waals surface area contributed by atoms with Crippen LogP contribution in [0.4, 0.5) is 11.4 Å². The van der Waals surface area contributed by atoms with Gasteiger partial charge in [-0.25, -0.2) is 0 Å². The smallest absolute Gasteiger partial charge is 0.0646 e. The van der Waals surface area contributed by atoms with Crippen LogP contribution < -0.4 is 3.11 Å². The molecule has 0 unspecified atom stereocenters. The van der Waals surface area contributed by atoms with E-state index in [-0.39, 0.29) is 0 Å². The van der Waals surface area contributed by atoms with Crippen molar-refractivity contribution in [1.82, 2.24) is 0 Å². The maximum Gasteiger partial charge on any atom is 0.0646 e. The molecule has 0 aliphatic rings. The molecule has 0 saturated heterocycles. The summed E-state index contributed by atoms with van der Waals surface area (Å²) in [6, 6.07) is 15.4. The van der Waals surface area contributed by atoms with Crippen LogP contribution in [-0.4, -0.2) is 0 Å². The second-order valence-corrected chi connectivity index (χ2v) is 5.94. The molecule has 2 rings (SSSR count). The van der Waals surface area contributed by atoms with E-state index in [1.165, 1.54) is 34.5 Å². The normalized spacial score (nSPS) is 10.5. The van der Waals surface area contributed by atoms with Crippen molar-refractivity contribution in [2.24, 2.45) is 0 Å². The molecule has 0 N–H and O–H groups in total. The summed E-state index contributed by atoms with van der Waals surface area (Å²) in [5.41, 5.74) is 6.60. The van der Waals surface area contributed by atoms with Crippen LogP contribution in [0.2, 0.25) is 0 Å². The fraction of sp³-hybridized carbons (Fsp3) is 0.294. The monoisotopic (exact) mass is 365 g/mol. The summed E-state index contributed by atoms with van der Waals surface area (Å²) in [6.45, 7) is 6.54. The Kier molecular flexibility index (Phi) is 4.86. The minimum atomic E-state index is 1.15. The molecule has 0 amide bonds. The molecule has 2 aromatic rings. The topological polar surface area (TPSA) is 3.24 Å². The van der Waals surface area contributed by atoms with Crippen LogP contribution in [0.1, 0.15) is 30.0 Å². The van der Waals surface area contributed by atoms with Crippen molar-refractivity contribution in [3.8, 4) is 0 Å². The summed E-state index contributed by atoms with van der Waals surface area (Å²) >= 11 is 2.38. The number of nitrogens with zero attached hydrogens (tertiary/aromatic N) is 1. The zero-order valence-electron chi connectivity index (χ0n) is 11.8. The van der Waals surface area contributed by atoms with Crippen LogP contribution in [0.3, 0.4) is 0 Å². The van der Waals surface area contributed by atoms with Gasteiger partial charge in [0.2, 0.25) is 0 Å². The maximum atomic E-state index is 2.38. The maximum absolute atomic E-state index is 2.38. The van der Waals surface area contributed by atoms with Gasteiger partial charge in [0.25, 0.3) is 0 Å². The molecule has 0 bridgehead atoms. The quantitative estimate of drug-likeness (QED) is 0.493. The lowest BCUT2D eigenvalue weighted by Crippen LogP contribution is -2.02. The number of benzene rings is 2. The van der Waals surface area contributed by atoms with Crippen molar-refractivity contribution in [3.05, 3.63) is 59.2 Å². The van der Waals surface area contributed by atoms with Crippen LogP contribution in [-0.2, 0) is 6.42 Å². The van der Waals surface area contributed by atoms with E-state index in [0.29, 0.717) is 0 Å². The van der Waals surface area contributed by atoms with E-state index in [2.05, 4.69) is 89.2 Å². The van der Waals surface area contributed by atoms with Crippen molar-refractivity contribution in [3.63, 3.8) is 0 Å². The zero-order valence-corrected chi connectivity index (χ0v) is 13.9. The molecule has 100 valence electrons. The number of aryl methyl sites for hydroxylation is 3. The number of rotatable bonds is 4. The lowest BCUT2D eigenvalue weighted by atomic mass is 10.0. The molecule has 0 heterocycles. The predicted molar refractivity (Wildman–Crippen MR) is 92.5 cm³/mol. The SMILES string of the molecule is CCCc1cc(N(I)c2ccc(C)cc2)ccc1C. The van der Waals surface area contributed by atoms with Crippen molar-refractivity contribution >= 4 is 34.2 Å². The molecule has 2 heteroatoms. The Morgan fingerprint density at radius 3 is 2.21 bits per heavy atom. The van der Waals surface area contributed by atoms with E-state index in [0.717, 1.165) is 6.42 Å². The molecule has 0 spiro atoms. The van der Waals surface area contributed by atoms with Gasteiger partial charge in [0.15, 0.2) is 0 Å². The Morgan fingerprint density at radius 1 is 0.947 bits per heavy atom. The predicted octanol–water partition coefficient (Wildman–Crippen LogP) is 5.74. The third kappa shape index (κ3) is 3.50. The Balaban J connectivity index is 2.30. The number of hydrogen-bond donors (Lipinski definition) is 0. The third-order valence-electron chi connectivity index (χ3n) is 3.34. The zero-order chi connectivity index (χ0) is 13.8. The van der Waals surface area contributed by atoms with Crippen molar-refractivity contribution in [2.45, 2.75) is 33.6 Å². The first-order valence-corrected chi connectivity index (χ1v) is 7.70. The van der Waals surface area contributed by atoms with E-state index in [1.807, 2.05) is 0 Å². The van der Waals surface area contributed by atoms with Crippen LogP contribution >= 0.6 is 22.9 Å². The highest BCUT2D eigenvalue weighted by Gasteiger charge is 2.07. The van der Waals surface area contributed by atoms with Gasteiger partial charge in [-0.1, -0.05) is 37.1 Å². The first-order chi connectivity index (χ1) is 9.11. The first kappa shape index (κ1) is 14.4. The summed E-state index contributed by atoms with van der Waals surface area (Å²) in [7, 11) is 0. The summed E-state index contributed by atoms with van der Waals surface area (Å²) in [5.74, 6) is 0. The molecule has 0 aliphatic heterocycles. The molecule has 0 aromatic heterocycles. The minimum Gasteiger partial charge on any atom is -0.283 e. The molecule has 0 atom stereocenters. The molecule has 0 radical (unpaired) electrons. The van der Waals surface area contributed by atoms with E-state index in [4.69, 9.17) is 0 Å². The molecule has 0 saturated carbocycles. The molecule has 0 aliphatic carbocycles. The van der Waals surface area contributed by atoms with Gasteiger partial charge in [-0.15, -0.1) is 0 Å². The molecular weight excluding hydrogens is 345 g/mol. The summed E-state index contributed by atoms with van der Waals surface area (Å²) in [4.78, 5) is 0. The van der Waals surface area contributed by atoms with Crippen molar-refractivity contribution in [1.29, 1.82) is 0 Å². The third-order valence-corrected chi connectivity index (χ3v) is 4.45. The molecular formula is C17H20IN. The molecule has 2 aromatic carbocycles. The van der Waals surface area contributed by atoms with Gasteiger partial charge >= 0.3 is 0 Å². The highest BCUT2D eigenvalue weighted by Crippen LogP contribution is 2.31. The lowest BCUT2D eigenvalue weighted by Gasteiger charge is -2.18. The summed E-state index contributed by atoms with van der Waals surface area (Å²) < 4.78 is 2.22. The van der Waals surface area contributed by atoms with Crippen molar-refractivity contribution in [2.75, 3.05) is 3.11 Å². The van der Waals surface area contributed by atoms with Gasteiger partial charge in [-0.05, 0) is 55.7 Å². The van der Waals surface area contributed by atoms with Crippen LogP contribution in [0.5, 0.6) is 0 Å². The summed E-state index contributed by atoms with van der Waals surface area (Å²) in [5, 5.41) is 0. The average molecular weight is 365 g/mol. The van der Waals surface area contributed by atoms with E-state index < -0.39 is 0 Å². The molecule has 0 fully saturated rings.